The summed E-state index contributed by atoms with van der Waals surface area (Å²) in [5.41, 5.74) is 6.05. The second-order valence-corrected chi connectivity index (χ2v) is 6.69. The summed E-state index contributed by atoms with van der Waals surface area (Å²) in [5.74, 6) is 0.0817. The number of hydrogen-bond acceptors (Lipinski definition) is 1. The number of amides is 1. The first kappa shape index (κ1) is 19.2. The van der Waals surface area contributed by atoms with Crippen molar-refractivity contribution in [3.63, 3.8) is 0 Å². The molecule has 0 saturated heterocycles. The summed E-state index contributed by atoms with van der Waals surface area (Å²) < 4.78 is 0. The third-order valence-electron chi connectivity index (χ3n) is 4.66. The average Bonchev–Trinajstić information content (AvgIpc) is 2.62. The number of likely N-dealkylation sites (N-methyl/N-ethyl adjacent to an activating group) is 1. The Morgan fingerprint density at radius 2 is 1.44 bits per heavy atom. The van der Waals surface area contributed by atoms with E-state index in [2.05, 4.69) is 75.6 Å². The molecule has 0 saturated carbocycles. The topological polar surface area (TPSA) is 33.5 Å². The molecule has 2 N–H and O–H groups in total. The molecule has 3 nitrogen and oxygen atoms in total. The van der Waals surface area contributed by atoms with Gasteiger partial charge in [0.25, 0.3) is 5.91 Å². The van der Waals surface area contributed by atoms with Crippen molar-refractivity contribution >= 4 is 11.6 Å². The normalized spacial score (nSPS) is 12.0. The van der Waals surface area contributed by atoms with Gasteiger partial charge in [-0.2, -0.15) is 0 Å². The minimum Gasteiger partial charge on any atom is -0.326 e. The van der Waals surface area contributed by atoms with Crippen LogP contribution in [0.3, 0.4) is 0 Å². The molecule has 0 aliphatic rings. The average molecular weight is 340 g/mol. The smallest absolute Gasteiger partial charge is 0.279 e. The number of rotatable bonds is 8. The molecule has 2 rings (SSSR count). The number of anilines is 1. The van der Waals surface area contributed by atoms with Crippen molar-refractivity contribution in [2.24, 2.45) is 0 Å². The second-order valence-electron chi connectivity index (χ2n) is 6.69. The van der Waals surface area contributed by atoms with E-state index in [1.807, 2.05) is 0 Å². The molecule has 1 atom stereocenters. The SMILES string of the molecule is CCc1ccc(C[NH+](C)CC(=O)Nc2c(CC)cccc2CC)cc1. The van der Waals surface area contributed by atoms with E-state index in [0.717, 1.165) is 31.5 Å². The maximum Gasteiger partial charge on any atom is 0.279 e. The number of carbonyl (C=O) groups is 1. The van der Waals surface area contributed by atoms with Crippen LogP contribution in [-0.2, 0) is 30.6 Å². The highest BCUT2D eigenvalue weighted by Crippen LogP contribution is 2.22. The van der Waals surface area contributed by atoms with E-state index in [4.69, 9.17) is 0 Å². The highest BCUT2D eigenvalue weighted by atomic mass is 16.2. The van der Waals surface area contributed by atoms with Gasteiger partial charge in [0.15, 0.2) is 6.54 Å². The van der Waals surface area contributed by atoms with Crippen LogP contribution in [0, 0.1) is 0 Å². The number of hydrogen-bond donors (Lipinski definition) is 2. The molecule has 0 spiro atoms. The van der Waals surface area contributed by atoms with Crippen molar-refractivity contribution in [2.75, 3.05) is 18.9 Å². The van der Waals surface area contributed by atoms with Crippen LogP contribution in [0.4, 0.5) is 5.69 Å². The van der Waals surface area contributed by atoms with Gasteiger partial charge in [-0.25, -0.2) is 0 Å². The van der Waals surface area contributed by atoms with Gasteiger partial charge in [-0.1, -0.05) is 63.2 Å². The van der Waals surface area contributed by atoms with Crippen molar-refractivity contribution in [1.82, 2.24) is 0 Å². The summed E-state index contributed by atoms with van der Waals surface area (Å²) in [6.07, 6.45) is 2.91. The fourth-order valence-electron chi connectivity index (χ4n) is 3.16. The molecule has 25 heavy (non-hydrogen) atoms. The van der Waals surface area contributed by atoms with Gasteiger partial charge in [0.05, 0.1) is 7.05 Å². The number of benzene rings is 2. The van der Waals surface area contributed by atoms with Crippen molar-refractivity contribution in [1.29, 1.82) is 0 Å². The van der Waals surface area contributed by atoms with Gasteiger partial charge in [-0.15, -0.1) is 0 Å². The van der Waals surface area contributed by atoms with Crippen molar-refractivity contribution < 1.29 is 9.69 Å². The van der Waals surface area contributed by atoms with Crippen LogP contribution in [0.5, 0.6) is 0 Å². The van der Waals surface area contributed by atoms with Gasteiger partial charge >= 0.3 is 0 Å². The Hall–Kier alpha value is -2.13. The lowest BCUT2D eigenvalue weighted by Crippen LogP contribution is -3.08. The molecule has 3 heteroatoms. The number of aryl methyl sites for hydroxylation is 3. The number of para-hydroxylation sites is 1. The molecule has 0 aliphatic carbocycles. The fourth-order valence-corrected chi connectivity index (χ4v) is 3.16. The fraction of sp³-hybridized carbons (Fsp3) is 0.409. The zero-order chi connectivity index (χ0) is 18.2. The lowest BCUT2D eigenvalue weighted by Gasteiger charge is -2.17. The third kappa shape index (κ3) is 5.43. The van der Waals surface area contributed by atoms with Crippen LogP contribution in [0.1, 0.15) is 43.0 Å². The summed E-state index contributed by atoms with van der Waals surface area (Å²) in [6, 6.07) is 15.0. The first-order valence-corrected chi connectivity index (χ1v) is 9.37. The Bertz CT molecular complexity index is 669. The van der Waals surface area contributed by atoms with Gasteiger partial charge in [0, 0.05) is 11.3 Å². The third-order valence-corrected chi connectivity index (χ3v) is 4.66. The Balaban J connectivity index is 1.97. The second kappa shape index (κ2) is 9.38. The van der Waals surface area contributed by atoms with E-state index in [-0.39, 0.29) is 5.91 Å². The van der Waals surface area contributed by atoms with Gasteiger partial charge in [-0.05, 0) is 36.0 Å². The van der Waals surface area contributed by atoms with Crippen LogP contribution in [-0.4, -0.2) is 19.5 Å². The van der Waals surface area contributed by atoms with E-state index >= 15 is 0 Å². The summed E-state index contributed by atoms with van der Waals surface area (Å²) >= 11 is 0. The summed E-state index contributed by atoms with van der Waals surface area (Å²) in [4.78, 5) is 13.7. The molecule has 0 aromatic heterocycles. The van der Waals surface area contributed by atoms with Crippen LogP contribution in [0.2, 0.25) is 0 Å². The molecule has 2 aromatic rings. The summed E-state index contributed by atoms with van der Waals surface area (Å²) in [6.45, 7) is 7.74. The van der Waals surface area contributed by atoms with E-state index < -0.39 is 0 Å². The first-order valence-electron chi connectivity index (χ1n) is 9.37. The zero-order valence-corrected chi connectivity index (χ0v) is 16.0. The van der Waals surface area contributed by atoms with Crippen LogP contribution < -0.4 is 10.2 Å². The molecule has 0 heterocycles. The van der Waals surface area contributed by atoms with Gasteiger partial charge < -0.3 is 10.2 Å². The molecule has 0 radical (unpaired) electrons. The highest BCUT2D eigenvalue weighted by Gasteiger charge is 2.14. The summed E-state index contributed by atoms with van der Waals surface area (Å²) in [5, 5.41) is 3.16. The monoisotopic (exact) mass is 339 g/mol. The molecule has 0 fully saturated rings. The number of carbonyl (C=O) groups excluding carboxylic acids is 1. The lowest BCUT2D eigenvalue weighted by molar-refractivity contribution is -0.885. The van der Waals surface area contributed by atoms with Crippen molar-refractivity contribution in [3.05, 3.63) is 64.7 Å². The van der Waals surface area contributed by atoms with Crippen LogP contribution in [0.15, 0.2) is 42.5 Å². The van der Waals surface area contributed by atoms with E-state index in [9.17, 15) is 4.79 Å². The van der Waals surface area contributed by atoms with Crippen molar-refractivity contribution in [2.45, 2.75) is 46.6 Å². The minimum absolute atomic E-state index is 0.0817. The molecular formula is C22H31N2O+. The minimum atomic E-state index is 0.0817. The Morgan fingerprint density at radius 1 is 0.880 bits per heavy atom. The van der Waals surface area contributed by atoms with Crippen LogP contribution in [0.25, 0.3) is 0 Å². The number of quaternary nitrogens is 1. The molecule has 1 unspecified atom stereocenters. The van der Waals surface area contributed by atoms with Gasteiger partial charge in [0.1, 0.15) is 6.54 Å². The number of nitrogens with one attached hydrogen (secondary N) is 2. The van der Waals surface area contributed by atoms with Crippen molar-refractivity contribution in [3.8, 4) is 0 Å². The lowest BCUT2D eigenvalue weighted by atomic mass is 10.0. The van der Waals surface area contributed by atoms with Crippen LogP contribution >= 0.6 is 0 Å². The predicted octanol–water partition coefficient (Wildman–Crippen LogP) is 3.03. The largest absolute Gasteiger partial charge is 0.326 e. The molecule has 134 valence electrons. The highest BCUT2D eigenvalue weighted by molar-refractivity contribution is 5.93. The molecule has 2 aromatic carbocycles. The maximum atomic E-state index is 12.5. The van der Waals surface area contributed by atoms with E-state index in [1.54, 1.807) is 0 Å². The quantitative estimate of drug-likeness (QED) is 0.761. The molecular weight excluding hydrogens is 308 g/mol. The molecule has 0 aliphatic heterocycles. The first-order chi connectivity index (χ1) is 12.1. The molecule has 0 bridgehead atoms. The molecule has 1 amide bonds. The van der Waals surface area contributed by atoms with Gasteiger partial charge in [-0.3, -0.25) is 4.79 Å². The van der Waals surface area contributed by atoms with Gasteiger partial charge in [0.2, 0.25) is 0 Å². The summed E-state index contributed by atoms with van der Waals surface area (Å²) in [7, 11) is 2.07. The standard InChI is InChI=1S/C22H30N2O/c1-5-17-11-13-18(14-12-17)15-24(4)16-21(25)23-22-19(6-2)9-8-10-20(22)7-3/h8-14H,5-7,15-16H2,1-4H3,(H,23,25)/p+1. The van der Waals surface area contributed by atoms with E-state index in [1.165, 1.54) is 27.2 Å². The Morgan fingerprint density at radius 3 is 1.96 bits per heavy atom. The maximum absolute atomic E-state index is 12.5. The predicted molar refractivity (Wildman–Crippen MR) is 105 cm³/mol. The Kier molecular flexibility index (Phi) is 7.20. The Labute approximate surface area is 152 Å². The zero-order valence-electron chi connectivity index (χ0n) is 16.0. The van der Waals surface area contributed by atoms with E-state index in [0.29, 0.717) is 6.54 Å².